The molecule has 5 rings (SSSR count). The van der Waals surface area contributed by atoms with Crippen LogP contribution < -0.4 is 10.1 Å². The van der Waals surface area contributed by atoms with Crippen molar-refractivity contribution < 1.29 is 14.3 Å². The molecule has 4 nitrogen and oxygen atoms in total. The second kappa shape index (κ2) is 8.36. The third-order valence-electron chi connectivity index (χ3n) is 6.58. The van der Waals surface area contributed by atoms with Gasteiger partial charge >= 0.3 is 0 Å². The lowest BCUT2D eigenvalue weighted by molar-refractivity contribution is -0.122. The molecule has 1 amide bonds. The summed E-state index contributed by atoms with van der Waals surface area (Å²) in [4.78, 5) is 26.8. The van der Waals surface area contributed by atoms with E-state index in [9.17, 15) is 9.59 Å². The van der Waals surface area contributed by atoms with Crippen molar-refractivity contribution in [2.75, 3.05) is 12.4 Å². The van der Waals surface area contributed by atoms with Crippen molar-refractivity contribution in [1.82, 2.24) is 0 Å². The van der Waals surface area contributed by atoms with E-state index in [1.165, 1.54) is 0 Å². The lowest BCUT2D eigenvalue weighted by atomic mass is 9.58. The molecule has 0 bridgehead atoms. The lowest BCUT2D eigenvalue weighted by Crippen LogP contribution is -2.47. The number of amides is 1. The average Bonchev–Trinajstić information content (AvgIpc) is 3.07. The predicted molar refractivity (Wildman–Crippen MR) is 131 cm³/mol. The molecule has 0 fully saturated rings. The molecule has 1 spiro atoms. The number of carbonyl (C=O) groups is 2. The van der Waals surface area contributed by atoms with E-state index in [0.29, 0.717) is 33.5 Å². The van der Waals surface area contributed by atoms with Crippen molar-refractivity contribution in [3.05, 3.63) is 99.5 Å². The van der Waals surface area contributed by atoms with Crippen LogP contribution in [0.1, 0.15) is 23.1 Å². The van der Waals surface area contributed by atoms with E-state index < -0.39 is 5.41 Å². The number of fused-ring (bicyclic) bond motifs is 2. The van der Waals surface area contributed by atoms with Gasteiger partial charge in [0.15, 0.2) is 5.78 Å². The van der Waals surface area contributed by atoms with Crippen LogP contribution in [0.4, 0.5) is 5.69 Å². The highest BCUT2D eigenvalue weighted by molar-refractivity contribution is 6.31. The van der Waals surface area contributed by atoms with Crippen LogP contribution in [0.3, 0.4) is 0 Å². The third kappa shape index (κ3) is 3.64. The van der Waals surface area contributed by atoms with E-state index >= 15 is 0 Å². The van der Waals surface area contributed by atoms with Crippen LogP contribution in [-0.2, 0) is 21.4 Å². The molecule has 1 aliphatic heterocycles. The number of methoxy groups -OCH3 is 1. The Balaban J connectivity index is 1.73. The summed E-state index contributed by atoms with van der Waals surface area (Å²) in [5.41, 5.74) is 2.94. The van der Waals surface area contributed by atoms with E-state index in [1.54, 1.807) is 25.3 Å². The first-order valence-electron chi connectivity index (χ1n) is 10.7. The third-order valence-corrected chi connectivity index (χ3v) is 7.05. The number of hydrogen-bond donors (Lipinski definition) is 1. The van der Waals surface area contributed by atoms with Crippen molar-refractivity contribution in [3.63, 3.8) is 0 Å². The highest BCUT2D eigenvalue weighted by Crippen LogP contribution is 2.55. The van der Waals surface area contributed by atoms with Crippen LogP contribution in [0.25, 0.3) is 5.57 Å². The first kappa shape index (κ1) is 21.7. The largest absolute Gasteiger partial charge is 0.497 e. The summed E-state index contributed by atoms with van der Waals surface area (Å²) in [7, 11) is 1.60. The van der Waals surface area contributed by atoms with Crippen LogP contribution in [0, 0.1) is 5.92 Å². The Bertz CT molecular complexity index is 1300. The Hall–Kier alpha value is -3.08. The molecule has 1 heterocycles. The van der Waals surface area contributed by atoms with Gasteiger partial charge in [0.05, 0.1) is 7.11 Å². The minimum absolute atomic E-state index is 0.00585. The Kier molecular flexibility index (Phi) is 5.51. The Morgan fingerprint density at radius 2 is 1.76 bits per heavy atom. The quantitative estimate of drug-likeness (QED) is 0.493. The first-order valence-corrected chi connectivity index (χ1v) is 11.4. The van der Waals surface area contributed by atoms with Crippen molar-refractivity contribution in [2.24, 2.45) is 5.92 Å². The summed E-state index contributed by atoms with van der Waals surface area (Å²) in [6.07, 6.45) is 2.40. The summed E-state index contributed by atoms with van der Waals surface area (Å²) in [5, 5.41) is 4.20. The summed E-state index contributed by atoms with van der Waals surface area (Å²) in [6.45, 7) is 0. The fraction of sp³-hybridized carbons (Fsp3) is 0.185. The molecule has 1 N–H and O–H groups in total. The van der Waals surface area contributed by atoms with Crippen LogP contribution >= 0.6 is 23.2 Å². The average molecular weight is 478 g/mol. The fourth-order valence-corrected chi connectivity index (χ4v) is 5.57. The predicted octanol–water partition coefficient (Wildman–Crippen LogP) is 6.11. The van der Waals surface area contributed by atoms with Crippen LogP contribution in [0.15, 0.2) is 72.8 Å². The molecule has 6 heteroatoms. The summed E-state index contributed by atoms with van der Waals surface area (Å²) >= 11 is 12.5. The van der Waals surface area contributed by atoms with Crippen molar-refractivity contribution in [1.29, 1.82) is 0 Å². The van der Waals surface area contributed by atoms with Gasteiger partial charge in [-0.2, -0.15) is 0 Å². The molecule has 0 radical (unpaired) electrons. The molecule has 3 aromatic carbocycles. The number of ketones is 1. The van der Waals surface area contributed by atoms with Gasteiger partial charge in [0.25, 0.3) is 0 Å². The standard InChI is InChI=1S/C27H21Cl2NO3/c1-33-22-8-5-17(6-9-22)24-15-21(31)13-18(11-16-3-2-4-19(28)12-16)27(24)23-10-7-20(29)14-25(23)30-26(27)32/h2-10,12,14-15,18H,11,13H2,1H3,(H,30,32)/t18-,27-/m1/s1. The van der Waals surface area contributed by atoms with Gasteiger partial charge in [-0.15, -0.1) is 0 Å². The normalized spacial score (nSPS) is 21.5. The number of ether oxygens (including phenoxy) is 1. The SMILES string of the molecule is COc1ccc(C2=CC(=O)C[C@@H](Cc3cccc(Cl)c3)[C@]23C(=O)Nc2cc(Cl)ccc23)cc1. The zero-order chi connectivity index (χ0) is 23.2. The molecule has 2 aliphatic rings. The minimum atomic E-state index is -1.04. The molecule has 166 valence electrons. The molecule has 2 atom stereocenters. The number of hydrogen-bond acceptors (Lipinski definition) is 3. The zero-order valence-electron chi connectivity index (χ0n) is 17.9. The van der Waals surface area contributed by atoms with Gasteiger partial charge < -0.3 is 10.1 Å². The Labute approximate surface area is 202 Å². The lowest BCUT2D eigenvalue weighted by Gasteiger charge is -2.41. The summed E-state index contributed by atoms with van der Waals surface area (Å²) < 4.78 is 5.30. The molecule has 3 aromatic rings. The van der Waals surface area contributed by atoms with Gasteiger partial charge in [-0.3, -0.25) is 9.59 Å². The highest BCUT2D eigenvalue weighted by atomic mass is 35.5. The van der Waals surface area contributed by atoms with Gasteiger partial charge in [-0.25, -0.2) is 0 Å². The second-order valence-corrected chi connectivity index (χ2v) is 9.31. The summed E-state index contributed by atoms with van der Waals surface area (Å²) in [5.74, 6) is 0.247. The van der Waals surface area contributed by atoms with Gasteiger partial charge in [-0.1, -0.05) is 53.5 Å². The molecule has 1 aliphatic carbocycles. The number of carbonyl (C=O) groups excluding carboxylic acids is 2. The molecule has 0 aromatic heterocycles. The van der Waals surface area contributed by atoms with E-state index in [-0.39, 0.29) is 24.0 Å². The number of benzene rings is 3. The van der Waals surface area contributed by atoms with Crippen LogP contribution in [0.2, 0.25) is 10.0 Å². The first-order chi connectivity index (χ1) is 15.9. The van der Waals surface area contributed by atoms with Gasteiger partial charge in [-0.05, 0) is 77.1 Å². The van der Waals surface area contributed by atoms with Gasteiger partial charge in [0.1, 0.15) is 11.2 Å². The Morgan fingerprint density at radius 1 is 1.00 bits per heavy atom. The topological polar surface area (TPSA) is 55.4 Å². The highest BCUT2D eigenvalue weighted by Gasteiger charge is 2.57. The molecular formula is C27H21Cl2NO3. The number of nitrogens with one attached hydrogen (secondary N) is 1. The number of rotatable bonds is 4. The molecule has 0 saturated heterocycles. The van der Waals surface area contributed by atoms with Crippen LogP contribution in [-0.4, -0.2) is 18.8 Å². The smallest absolute Gasteiger partial charge is 0.239 e. The van der Waals surface area contributed by atoms with E-state index in [2.05, 4.69) is 5.32 Å². The van der Waals surface area contributed by atoms with Crippen molar-refractivity contribution >= 4 is 46.2 Å². The summed E-state index contributed by atoms with van der Waals surface area (Å²) in [6, 6.07) is 20.5. The second-order valence-electron chi connectivity index (χ2n) is 8.44. The number of anilines is 1. The minimum Gasteiger partial charge on any atom is -0.497 e. The van der Waals surface area contributed by atoms with Crippen molar-refractivity contribution in [2.45, 2.75) is 18.3 Å². The maximum Gasteiger partial charge on any atom is 0.239 e. The van der Waals surface area contributed by atoms with Crippen molar-refractivity contribution in [3.8, 4) is 5.75 Å². The maximum atomic E-state index is 13.8. The molecule has 0 saturated carbocycles. The Morgan fingerprint density at radius 3 is 2.48 bits per heavy atom. The number of allylic oxidation sites excluding steroid dienone is 1. The fourth-order valence-electron chi connectivity index (χ4n) is 5.18. The maximum absolute atomic E-state index is 13.8. The van der Waals surface area contributed by atoms with E-state index in [1.807, 2.05) is 54.6 Å². The van der Waals surface area contributed by atoms with Gasteiger partial charge in [0.2, 0.25) is 5.91 Å². The molecule has 0 unspecified atom stereocenters. The monoisotopic (exact) mass is 477 g/mol. The number of halogens is 2. The van der Waals surface area contributed by atoms with Gasteiger partial charge in [0, 0.05) is 22.2 Å². The van der Waals surface area contributed by atoms with E-state index in [4.69, 9.17) is 27.9 Å². The van der Waals surface area contributed by atoms with E-state index in [0.717, 1.165) is 16.7 Å². The van der Waals surface area contributed by atoms with Crippen LogP contribution in [0.5, 0.6) is 5.75 Å². The molecule has 33 heavy (non-hydrogen) atoms. The molecular weight excluding hydrogens is 457 g/mol. The zero-order valence-corrected chi connectivity index (χ0v) is 19.4.